The zero-order valence-electron chi connectivity index (χ0n) is 4.54. The van der Waals surface area contributed by atoms with Crippen molar-refractivity contribution < 1.29 is 13.2 Å². The molecule has 0 heterocycles. The summed E-state index contributed by atoms with van der Waals surface area (Å²) in [5, 5.41) is 0. The van der Waals surface area contributed by atoms with E-state index in [2.05, 4.69) is 0 Å². The summed E-state index contributed by atoms with van der Waals surface area (Å²) in [7, 11) is 0. The highest BCUT2D eigenvalue weighted by molar-refractivity contribution is 5.75. The Labute approximate surface area is 63.6 Å². The molecular formula is C5H12AlF3. The minimum absolute atomic E-state index is 0. The van der Waals surface area contributed by atoms with Gasteiger partial charge in [-0.05, 0) is 12.8 Å². The van der Waals surface area contributed by atoms with E-state index >= 15 is 0 Å². The predicted octanol–water partition coefficient (Wildman–Crippen LogP) is 1.21. The second kappa shape index (κ2) is 8.32. The van der Waals surface area contributed by atoms with Crippen LogP contribution in [-0.4, -0.2) is 30.5 Å². The van der Waals surface area contributed by atoms with Gasteiger partial charge in [0.2, 0.25) is 6.43 Å². The summed E-state index contributed by atoms with van der Waals surface area (Å²) in [6.45, 7) is -0.479. The summed E-state index contributed by atoms with van der Waals surface area (Å²) >= 11 is 0. The molecule has 0 aromatic heterocycles. The molecule has 0 aliphatic rings. The molecule has 0 saturated heterocycles. The third kappa shape index (κ3) is 11.7. The van der Waals surface area contributed by atoms with E-state index in [0.717, 1.165) is 0 Å². The molecule has 0 nitrogen and oxygen atoms in total. The summed E-state index contributed by atoms with van der Waals surface area (Å²) < 4.78 is 33.7. The minimum Gasteiger partial charge on any atom is -0.251 e. The third-order valence-electron chi connectivity index (χ3n) is 0.806. The van der Waals surface area contributed by atoms with Crippen LogP contribution in [0, 0.1) is 0 Å². The molecule has 0 aliphatic heterocycles. The molecule has 0 spiro atoms. The van der Waals surface area contributed by atoms with E-state index in [9.17, 15) is 13.2 Å². The molecule has 9 heavy (non-hydrogen) atoms. The van der Waals surface area contributed by atoms with Crippen molar-refractivity contribution >= 4 is 17.4 Å². The van der Waals surface area contributed by atoms with Crippen LogP contribution in [0.15, 0.2) is 0 Å². The zero-order valence-corrected chi connectivity index (χ0v) is 4.54. The number of hydrogen-bond donors (Lipinski definition) is 0. The van der Waals surface area contributed by atoms with Gasteiger partial charge in [0.05, 0.1) is 6.67 Å². The molecule has 0 unspecified atom stereocenters. The van der Waals surface area contributed by atoms with Gasteiger partial charge in [-0.25, -0.2) is 8.78 Å². The Kier molecular flexibility index (Phi) is 11.1. The quantitative estimate of drug-likeness (QED) is 0.424. The molecule has 56 valence electrons. The highest BCUT2D eigenvalue weighted by Gasteiger charge is 1.99. The highest BCUT2D eigenvalue weighted by Crippen LogP contribution is 2.04. The van der Waals surface area contributed by atoms with E-state index in [0.29, 0.717) is 6.42 Å². The Morgan fingerprint density at radius 2 is 1.67 bits per heavy atom. The second-order valence-corrected chi connectivity index (χ2v) is 1.58. The number of hydrogen-bond acceptors (Lipinski definition) is 0. The van der Waals surface area contributed by atoms with Crippen molar-refractivity contribution in [1.82, 2.24) is 0 Å². The maximum Gasteiger partial charge on any atom is 0.238 e. The summed E-state index contributed by atoms with van der Waals surface area (Å²) in [6.07, 6.45) is -1.86. The number of alkyl halides is 3. The van der Waals surface area contributed by atoms with E-state index in [-0.39, 0.29) is 30.2 Å². The molecule has 0 rings (SSSR count). The van der Waals surface area contributed by atoms with Crippen LogP contribution < -0.4 is 0 Å². The lowest BCUT2D eigenvalue weighted by Gasteiger charge is -1.93. The summed E-state index contributed by atoms with van der Waals surface area (Å²) in [5.41, 5.74) is 0. The van der Waals surface area contributed by atoms with E-state index in [1.165, 1.54) is 0 Å². The van der Waals surface area contributed by atoms with Gasteiger partial charge in [-0.3, -0.25) is 4.39 Å². The molecule has 0 saturated carbocycles. The Balaban J connectivity index is 0. The van der Waals surface area contributed by atoms with Crippen LogP contribution >= 0.6 is 0 Å². The van der Waals surface area contributed by atoms with Gasteiger partial charge in [-0.15, -0.1) is 0 Å². The van der Waals surface area contributed by atoms with Crippen molar-refractivity contribution in [3.05, 3.63) is 0 Å². The van der Waals surface area contributed by atoms with E-state index in [1.807, 2.05) is 0 Å². The monoisotopic (exact) mass is 156 g/mol. The second-order valence-electron chi connectivity index (χ2n) is 1.58. The zero-order chi connectivity index (χ0) is 6.41. The largest absolute Gasteiger partial charge is 0.251 e. The first-order valence-electron chi connectivity index (χ1n) is 2.61. The highest BCUT2D eigenvalue weighted by atomic mass is 27.0. The molecular weight excluding hydrogens is 144 g/mol. The standard InChI is InChI=1S/C5H9F3.Al.3H/c6-4-2-1-3-5(7)8;;;;/h5H,1-4H2;;;;. The molecule has 0 amide bonds. The molecule has 0 aliphatic carbocycles. The molecule has 0 N–H and O–H groups in total. The maximum absolute atomic E-state index is 11.2. The average Bonchev–Trinajstić information content (AvgIpc) is 1.66. The number of halogens is 3. The van der Waals surface area contributed by atoms with Gasteiger partial charge >= 0.3 is 0 Å². The van der Waals surface area contributed by atoms with Gasteiger partial charge in [0.1, 0.15) is 0 Å². The Morgan fingerprint density at radius 3 is 2.00 bits per heavy atom. The first-order valence-corrected chi connectivity index (χ1v) is 2.61. The minimum atomic E-state index is -2.26. The molecule has 0 atom stereocenters. The molecule has 0 fully saturated rings. The maximum atomic E-state index is 11.2. The summed E-state index contributed by atoms with van der Waals surface area (Å²) in [5.74, 6) is 0. The van der Waals surface area contributed by atoms with Gasteiger partial charge < -0.3 is 0 Å². The van der Waals surface area contributed by atoms with Crippen LogP contribution in [0.25, 0.3) is 0 Å². The first kappa shape index (κ1) is 12.0. The smallest absolute Gasteiger partial charge is 0.238 e. The van der Waals surface area contributed by atoms with Gasteiger partial charge in [-0.2, -0.15) is 0 Å². The lowest BCUT2D eigenvalue weighted by atomic mass is 10.2. The van der Waals surface area contributed by atoms with Crippen molar-refractivity contribution in [1.29, 1.82) is 0 Å². The Hall–Kier alpha value is 0.322. The Morgan fingerprint density at radius 1 is 1.11 bits per heavy atom. The van der Waals surface area contributed by atoms with Gasteiger partial charge in [-0.1, -0.05) is 0 Å². The van der Waals surface area contributed by atoms with E-state index in [4.69, 9.17) is 0 Å². The predicted molar refractivity (Wildman–Crippen MR) is 35.8 cm³/mol. The lowest BCUT2D eigenvalue weighted by Crippen LogP contribution is -1.89. The van der Waals surface area contributed by atoms with Crippen LogP contribution in [-0.2, 0) is 0 Å². The molecule has 0 bridgehead atoms. The van der Waals surface area contributed by atoms with Crippen molar-refractivity contribution in [2.45, 2.75) is 25.7 Å². The van der Waals surface area contributed by atoms with Crippen molar-refractivity contribution in [3.8, 4) is 0 Å². The van der Waals surface area contributed by atoms with Crippen LogP contribution in [0.2, 0.25) is 0 Å². The number of unbranched alkanes of at least 4 members (excludes halogenated alkanes) is 1. The fourth-order valence-corrected chi connectivity index (χ4v) is 0.393. The summed E-state index contributed by atoms with van der Waals surface area (Å²) in [6, 6.07) is 0. The van der Waals surface area contributed by atoms with E-state index < -0.39 is 13.1 Å². The lowest BCUT2D eigenvalue weighted by molar-refractivity contribution is 0.133. The molecule has 0 radical (unpaired) electrons. The van der Waals surface area contributed by atoms with Crippen LogP contribution in [0.1, 0.15) is 19.3 Å². The SMILES string of the molecule is FCCCCC(F)F.[AlH3]. The van der Waals surface area contributed by atoms with Gasteiger partial charge in [0, 0.05) is 6.42 Å². The topological polar surface area (TPSA) is 0 Å². The van der Waals surface area contributed by atoms with E-state index in [1.54, 1.807) is 0 Å². The van der Waals surface area contributed by atoms with Gasteiger partial charge in [0.15, 0.2) is 17.4 Å². The van der Waals surface area contributed by atoms with Crippen molar-refractivity contribution in [3.63, 3.8) is 0 Å². The van der Waals surface area contributed by atoms with Crippen molar-refractivity contribution in [2.75, 3.05) is 6.67 Å². The van der Waals surface area contributed by atoms with Crippen molar-refractivity contribution in [2.24, 2.45) is 0 Å². The average molecular weight is 156 g/mol. The third-order valence-corrected chi connectivity index (χ3v) is 0.806. The van der Waals surface area contributed by atoms with Crippen LogP contribution in [0.5, 0.6) is 0 Å². The Bertz CT molecular complexity index is 49.5. The van der Waals surface area contributed by atoms with Crippen LogP contribution in [0.3, 0.4) is 0 Å². The molecule has 0 aromatic rings. The summed E-state index contributed by atoms with van der Waals surface area (Å²) in [4.78, 5) is 0. The molecule has 4 heteroatoms. The number of rotatable bonds is 4. The fourth-order valence-electron chi connectivity index (χ4n) is 0.393. The molecule has 0 aromatic carbocycles. The normalized spacial score (nSPS) is 9.33. The first-order chi connectivity index (χ1) is 3.77. The van der Waals surface area contributed by atoms with Gasteiger partial charge in [0.25, 0.3) is 0 Å². The fraction of sp³-hybridized carbons (Fsp3) is 1.00. The van der Waals surface area contributed by atoms with Crippen LogP contribution in [0.4, 0.5) is 13.2 Å².